The molecular formula is C17H16N2O2. The Kier molecular flexibility index (Phi) is 2.94. The summed E-state index contributed by atoms with van der Waals surface area (Å²) in [6.45, 7) is 3.61. The number of furan rings is 1. The zero-order valence-corrected chi connectivity index (χ0v) is 11.7. The molecule has 4 rings (SSSR count). The van der Waals surface area contributed by atoms with Gasteiger partial charge in [-0.05, 0) is 30.3 Å². The largest absolute Gasteiger partial charge is 0.493 e. The first-order valence-electron chi connectivity index (χ1n) is 7.25. The van der Waals surface area contributed by atoms with Crippen molar-refractivity contribution in [3.8, 4) is 11.8 Å². The number of ether oxygens (including phenoxy) is 1. The Bertz CT molecular complexity index is 687. The van der Waals surface area contributed by atoms with Crippen LogP contribution in [0.1, 0.15) is 22.8 Å². The fraction of sp³-hybridized carbons (Fsp3) is 0.353. The number of benzene rings is 1. The summed E-state index contributed by atoms with van der Waals surface area (Å²) in [7, 11) is 0. The van der Waals surface area contributed by atoms with Crippen LogP contribution in [-0.4, -0.2) is 24.6 Å². The predicted octanol–water partition coefficient (Wildman–Crippen LogP) is 2.76. The molecule has 4 heteroatoms. The van der Waals surface area contributed by atoms with E-state index in [-0.39, 0.29) is 0 Å². The van der Waals surface area contributed by atoms with Gasteiger partial charge in [0.1, 0.15) is 11.5 Å². The van der Waals surface area contributed by atoms with Crippen molar-refractivity contribution in [3.05, 3.63) is 53.5 Å². The lowest BCUT2D eigenvalue weighted by Gasteiger charge is -2.27. The average molecular weight is 280 g/mol. The molecule has 1 fully saturated rings. The van der Waals surface area contributed by atoms with Gasteiger partial charge in [0, 0.05) is 30.5 Å². The lowest BCUT2D eigenvalue weighted by atomic mass is 9.86. The zero-order chi connectivity index (χ0) is 14.2. The Morgan fingerprint density at radius 3 is 3.05 bits per heavy atom. The second kappa shape index (κ2) is 4.94. The third-order valence-corrected chi connectivity index (χ3v) is 4.47. The topological polar surface area (TPSA) is 49.4 Å². The van der Waals surface area contributed by atoms with Crippen LogP contribution < -0.4 is 4.74 Å². The Hall–Kier alpha value is -2.25. The minimum absolute atomic E-state index is 0.456. The highest BCUT2D eigenvalue weighted by Gasteiger charge is 2.38. The number of hydrogen-bond donors (Lipinski definition) is 0. The van der Waals surface area contributed by atoms with Crippen molar-refractivity contribution >= 4 is 0 Å². The molecule has 1 aromatic carbocycles. The maximum absolute atomic E-state index is 9.09. The van der Waals surface area contributed by atoms with Crippen LogP contribution in [0, 0.1) is 17.2 Å². The molecule has 2 aromatic rings. The van der Waals surface area contributed by atoms with E-state index >= 15 is 0 Å². The number of rotatable bonds is 2. The molecule has 21 heavy (non-hydrogen) atoms. The van der Waals surface area contributed by atoms with Crippen LogP contribution in [0.25, 0.3) is 0 Å². The van der Waals surface area contributed by atoms with Crippen molar-refractivity contribution in [2.75, 3.05) is 19.7 Å². The van der Waals surface area contributed by atoms with Gasteiger partial charge in [0.2, 0.25) is 0 Å². The van der Waals surface area contributed by atoms with E-state index in [2.05, 4.69) is 11.0 Å². The van der Waals surface area contributed by atoms with Crippen molar-refractivity contribution < 1.29 is 9.15 Å². The van der Waals surface area contributed by atoms with Crippen molar-refractivity contribution in [1.29, 1.82) is 5.26 Å². The van der Waals surface area contributed by atoms with Gasteiger partial charge in [0.15, 0.2) is 0 Å². The van der Waals surface area contributed by atoms with Crippen LogP contribution in [0.4, 0.5) is 0 Å². The first kappa shape index (κ1) is 12.5. The molecule has 3 heterocycles. The summed E-state index contributed by atoms with van der Waals surface area (Å²) < 4.78 is 11.3. The van der Waals surface area contributed by atoms with Crippen molar-refractivity contribution in [2.24, 2.45) is 5.92 Å². The Labute approximate surface area is 123 Å². The highest BCUT2D eigenvalue weighted by atomic mass is 16.5. The molecule has 106 valence electrons. The molecule has 1 aromatic heterocycles. The van der Waals surface area contributed by atoms with Crippen molar-refractivity contribution in [3.63, 3.8) is 0 Å². The summed E-state index contributed by atoms with van der Waals surface area (Å²) in [6.07, 6.45) is 1.72. The smallest absolute Gasteiger partial charge is 0.122 e. The van der Waals surface area contributed by atoms with E-state index in [1.807, 2.05) is 30.3 Å². The zero-order valence-electron chi connectivity index (χ0n) is 11.7. The molecule has 4 nitrogen and oxygen atoms in total. The molecule has 0 amide bonds. The van der Waals surface area contributed by atoms with E-state index in [9.17, 15) is 0 Å². The van der Waals surface area contributed by atoms with Crippen LogP contribution in [0.5, 0.6) is 5.75 Å². The first-order valence-corrected chi connectivity index (χ1v) is 7.25. The van der Waals surface area contributed by atoms with Gasteiger partial charge in [-0.15, -0.1) is 0 Å². The van der Waals surface area contributed by atoms with E-state index in [1.54, 1.807) is 6.26 Å². The quantitative estimate of drug-likeness (QED) is 0.848. The highest BCUT2D eigenvalue weighted by Crippen LogP contribution is 2.42. The summed E-state index contributed by atoms with van der Waals surface area (Å²) in [4.78, 5) is 2.41. The molecule has 2 aliphatic rings. The maximum Gasteiger partial charge on any atom is 0.122 e. The van der Waals surface area contributed by atoms with Crippen molar-refractivity contribution in [1.82, 2.24) is 4.90 Å². The van der Waals surface area contributed by atoms with Crippen LogP contribution in [-0.2, 0) is 6.54 Å². The van der Waals surface area contributed by atoms with E-state index in [0.29, 0.717) is 17.4 Å². The van der Waals surface area contributed by atoms with E-state index in [1.165, 1.54) is 5.56 Å². The molecule has 0 bridgehead atoms. The Morgan fingerprint density at radius 2 is 2.24 bits per heavy atom. The van der Waals surface area contributed by atoms with E-state index in [0.717, 1.165) is 37.8 Å². The third kappa shape index (κ3) is 2.20. The van der Waals surface area contributed by atoms with Gasteiger partial charge in [-0.25, -0.2) is 0 Å². The number of nitriles is 1. The SMILES string of the molecule is N#Cc1ccc2c(c1)C1CN(Cc3ccco3)CC1CO2. The standard InChI is InChI=1S/C17H16N2O2/c18-7-12-3-4-17-15(6-12)16-10-19(8-13(16)11-21-17)9-14-2-1-5-20-14/h1-6,13,16H,8-11H2. The summed E-state index contributed by atoms with van der Waals surface area (Å²) in [5.74, 6) is 2.90. The molecule has 2 atom stereocenters. The molecular weight excluding hydrogens is 264 g/mol. The predicted molar refractivity (Wildman–Crippen MR) is 76.9 cm³/mol. The average Bonchev–Trinajstić information content (AvgIpc) is 3.16. The molecule has 2 aliphatic heterocycles. The number of likely N-dealkylation sites (tertiary alicyclic amines) is 1. The normalized spacial score (nSPS) is 24.0. The lowest BCUT2D eigenvalue weighted by Crippen LogP contribution is -2.25. The van der Waals surface area contributed by atoms with E-state index < -0.39 is 0 Å². The summed E-state index contributed by atoms with van der Waals surface area (Å²) >= 11 is 0. The summed E-state index contributed by atoms with van der Waals surface area (Å²) in [5.41, 5.74) is 1.90. The van der Waals surface area contributed by atoms with Crippen LogP contribution in [0.2, 0.25) is 0 Å². The number of fused-ring (bicyclic) bond motifs is 3. The highest BCUT2D eigenvalue weighted by molar-refractivity contribution is 5.46. The summed E-state index contributed by atoms with van der Waals surface area (Å²) in [6, 6.07) is 11.9. The second-order valence-corrected chi connectivity index (χ2v) is 5.82. The van der Waals surface area contributed by atoms with Crippen molar-refractivity contribution in [2.45, 2.75) is 12.5 Å². The summed E-state index contributed by atoms with van der Waals surface area (Å²) in [5, 5.41) is 9.09. The lowest BCUT2D eigenvalue weighted by molar-refractivity contribution is 0.210. The van der Waals surface area contributed by atoms with Crippen LogP contribution in [0.3, 0.4) is 0 Å². The van der Waals surface area contributed by atoms with Gasteiger partial charge < -0.3 is 9.15 Å². The molecule has 0 N–H and O–H groups in total. The van der Waals surface area contributed by atoms with Gasteiger partial charge >= 0.3 is 0 Å². The number of nitrogens with zero attached hydrogens (tertiary/aromatic N) is 2. The van der Waals surface area contributed by atoms with Gasteiger partial charge in [-0.2, -0.15) is 5.26 Å². The fourth-order valence-corrected chi connectivity index (χ4v) is 3.47. The first-order chi connectivity index (χ1) is 10.3. The molecule has 2 unspecified atom stereocenters. The molecule has 0 radical (unpaired) electrons. The van der Waals surface area contributed by atoms with Gasteiger partial charge in [0.25, 0.3) is 0 Å². The Balaban J connectivity index is 1.58. The second-order valence-electron chi connectivity index (χ2n) is 5.82. The minimum atomic E-state index is 0.456. The third-order valence-electron chi connectivity index (χ3n) is 4.47. The molecule has 0 spiro atoms. The van der Waals surface area contributed by atoms with Crippen LogP contribution in [0.15, 0.2) is 41.0 Å². The van der Waals surface area contributed by atoms with Gasteiger partial charge in [-0.1, -0.05) is 0 Å². The fourth-order valence-electron chi connectivity index (χ4n) is 3.47. The maximum atomic E-state index is 9.09. The van der Waals surface area contributed by atoms with Gasteiger partial charge in [-0.3, -0.25) is 4.90 Å². The van der Waals surface area contributed by atoms with Crippen LogP contribution >= 0.6 is 0 Å². The number of hydrogen-bond acceptors (Lipinski definition) is 4. The van der Waals surface area contributed by atoms with E-state index in [4.69, 9.17) is 14.4 Å². The molecule has 0 saturated carbocycles. The Morgan fingerprint density at radius 1 is 1.29 bits per heavy atom. The van der Waals surface area contributed by atoms with Gasteiger partial charge in [0.05, 0.1) is 31.0 Å². The minimum Gasteiger partial charge on any atom is -0.493 e. The molecule has 1 saturated heterocycles. The molecule has 0 aliphatic carbocycles. The monoisotopic (exact) mass is 280 g/mol.